The van der Waals surface area contributed by atoms with E-state index in [9.17, 15) is 0 Å². The minimum absolute atomic E-state index is 0.0649. The topological polar surface area (TPSA) is 24.7 Å². The second-order valence-electron chi connectivity index (χ2n) is 2.06. The molecule has 10 heavy (non-hydrogen) atoms. The minimum atomic E-state index is -0.0649. The smallest absolute Gasteiger partial charge is 0.196 e. The number of alkyl halides is 1. The van der Waals surface area contributed by atoms with Crippen LogP contribution in [-0.2, 0) is 0 Å². The fourth-order valence-electron chi connectivity index (χ4n) is 0.941. The lowest BCUT2D eigenvalue weighted by atomic mass is 10.3. The summed E-state index contributed by atoms with van der Waals surface area (Å²) >= 11 is 3.29. The molecule has 0 unspecified atom stereocenters. The molecule has 1 aliphatic heterocycles. The number of rotatable bonds is 0. The molecule has 0 aliphatic carbocycles. The summed E-state index contributed by atoms with van der Waals surface area (Å²) in [4.78, 5) is 8.40. The molecule has 1 aromatic carbocycles. The van der Waals surface area contributed by atoms with E-state index in [0.717, 1.165) is 10.7 Å². The molecule has 0 N–H and O–H groups in total. The van der Waals surface area contributed by atoms with Gasteiger partial charge in [-0.15, -0.1) is 0 Å². The normalized spacial score (nSPS) is 15.7. The Kier molecular flexibility index (Phi) is 1.31. The molecule has 0 spiro atoms. The zero-order chi connectivity index (χ0) is 6.97. The van der Waals surface area contributed by atoms with Crippen LogP contribution in [0.2, 0.25) is 0 Å². The first-order valence-corrected chi connectivity index (χ1v) is 3.92. The van der Waals surface area contributed by atoms with Gasteiger partial charge in [-0.3, -0.25) is 0 Å². The average Bonchev–Trinajstić information content (AvgIpc) is 2.27. The van der Waals surface area contributed by atoms with Crippen LogP contribution in [0.5, 0.6) is 0 Å². The van der Waals surface area contributed by atoms with Crippen LogP contribution in [0.3, 0.4) is 0 Å². The number of nitrogens with zero attached hydrogens (tertiary/aromatic N) is 2. The highest BCUT2D eigenvalue weighted by Gasteiger charge is 2.02. The summed E-state index contributed by atoms with van der Waals surface area (Å²) in [5, 5.41) is 1.89. The molecule has 0 fully saturated rings. The van der Waals surface area contributed by atoms with Crippen LogP contribution in [-0.4, -0.2) is 5.08 Å². The summed E-state index contributed by atoms with van der Waals surface area (Å²) in [5.74, 6) is 0. The third kappa shape index (κ3) is 0.865. The second-order valence-corrected chi connectivity index (χ2v) is 2.88. The molecule has 0 radical (unpaired) electrons. The Hall–Kier alpha value is -0.700. The van der Waals surface area contributed by atoms with Gasteiger partial charge >= 0.3 is 0 Å². The molecule has 0 amide bonds. The van der Waals surface area contributed by atoms with Crippen LogP contribution in [0.15, 0.2) is 34.3 Å². The molecule has 3 heteroatoms. The summed E-state index contributed by atoms with van der Waals surface area (Å²) in [7, 11) is 0. The van der Waals surface area contributed by atoms with E-state index in [-0.39, 0.29) is 5.08 Å². The molecular weight excluding hydrogens is 192 g/mol. The molecule has 0 saturated carbocycles. The SMILES string of the molecule is BrC1N=c2ccccc2=N1. The fourth-order valence-corrected chi connectivity index (χ4v) is 1.38. The van der Waals surface area contributed by atoms with E-state index in [1.165, 1.54) is 0 Å². The molecule has 1 aliphatic rings. The van der Waals surface area contributed by atoms with Gasteiger partial charge in [0.2, 0.25) is 0 Å². The number of para-hydroxylation sites is 2. The van der Waals surface area contributed by atoms with Crippen LogP contribution in [0.25, 0.3) is 0 Å². The standard InChI is InChI=1S/C7H5BrN2/c8-7-9-5-3-1-2-4-6(5)10-7/h1-4,7H. The minimum Gasteiger partial charge on any atom is -0.245 e. The molecular formula is C7H5BrN2. The van der Waals surface area contributed by atoms with E-state index in [4.69, 9.17) is 0 Å². The monoisotopic (exact) mass is 196 g/mol. The first kappa shape index (κ1) is 6.04. The Morgan fingerprint density at radius 2 is 1.60 bits per heavy atom. The lowest BCUT2D eigenvalue weighted by Crippen LogP contribution is -2.19. The molecule has 2 nitrogen and oxygen atoms in total. The van der Waals surface area contributed by atoms with Crippen LogP contribution in [0, 0.1) is 0 Å². The predicted octanol–water partition coefficient (Wildman–Crippen LogP) is 0.618. The summed E-state index contributed by atoms with van der Waals surface area (Å²) in [6, 6.07) is 7.84. The van der Waals surface area contributed by atoms with Gasteiger partial charge in [-0.25, -0.2) is 9.98 Å². The summed E-state index contributed by atoms with van der Waals surface area (Å²) in [6.07, 6.45) is 0. The first-order chi connectivity index (χ1) is 4.86. The Morgan fingerprint density at radius 3 is 2.10 bits per heavy atom. The van der Waals surface area contributed by atoms with Crippen molar-refractivity contribution >= 4 is 15.9 Å². The van der Waals surface area contributed by atoms with Crippen molar-refractivity contribution in [1.82, 2.24) is 0 Å². The van der Waals surface area contributed by atoms with Crippen molar-refractivity contribution in [2.75, 3.05) is 0 Å². The number of fused-ring (bicyclic) bond motifs is 1. The number of benzene rings is 1. The maximum Gasteiger partial charge on any atom is 0.196 e. The van der Waals surface area contributed by atoms with E-state index >= 15 is 0 Å². The Balaban J connectivity index is 2.83. The Labute approximate surface area is 66.4 Å². The highest BCUT2D eigenvalue weighted by atomic mass is 79.9. The molecule has 1 aromatic rings. The Morgan fingerprint density at radius 1 is 1.10 bits per heavy atom. The zero-order valence-corrected chi connectivity index (χ0v) is 6.75. The van der Waals surface area contributed by atoms with E-state index in [0.29, 0.717) is 0 Å². The third-order valence-electron chi connectivity index (χ3n) is 1.37. The van der Waals surface area contributed by atoms with Gasteiger partial charge in [0.25, 0.3) is 0 Å². The highest BCUT2D eigenvalue weighted by molar-refractivity contribution is 9.09. The van der Waals surface area contributed by atoms with Crippen molar-refractivity contribution in [2.45, 2.75) is 5.08 Å². The molecule has 0 atom stereocenters. The number of hydrogen-bond donors (Lipinski definition) is 0. The fraction of sp³-hybridized carbons (Fsp3) is 0.143. The quantitative estimate of drug-likeness (QED) is 0.430. The van der Waals surface area contributed by atoms with Gasteiger partial charge in [0, 0.05) is 0 Å². The maximum atomic E-state index is 4.20. The average molecular weight is 197 g/mol. The first-order valence-electron chi connectivity index (χ1n) is 3.01. The van der Waals surface area contributed by atoms with Crippen molar-refractivity contribution < 1.29 is 0 Å². The van der Waals surface area contributed by atoms with Crippen molar-refractivity contribution in [3.05, 3.63) is 35.0 Å². The van der Waals surface area contributed by atoms with Gasteiger partial charge in [-0.2, -0.15) is 0 Å². The summed E-state index contributed by atoms with van der Waals surface area (Å²) in [6.45, 7) is 0. The van der Waals surface area contributed by atoms with Crippen molar-refractivity contribution in [3.63, 3.8) is 0 Å². The number of halogens is 1. The van der Waals surface area contributed by atoms with Gasteiger partial charge < -0.3 is 0 Å². The lowest BCUT2D eigenvalue weighted by molar-refractivity contribution is 0.997. The van der Waals surface area contributed by atoms with E-state index in [1.54, 1.807) is 0 Å². The maximum absolute atomic E-state index is 4.20. The predicted molar refractivity (Wildman–Crippen MR) is 41.5 cm³/mol. The third-order valence-corrected chi connectivity index (χ3v) is 1.78. The van der Waals surface area contributed by atoms with E-state index < -0.39 is 0 Å². The molecule has 0 saturated heterocycles. The zero-order valence-electron chi connectivity index (χ0n) is 5.16. The van der Waals surface area contributed by atoms with Crippen LogP contribution in [0.1, 0.15) is 0 Å². The van der Waals surface area contributed by atoms with Gasteiger partial charge in [0.05, 0.1) is 10.7 Å². The van der Waals surface area contributed by atoms with Crippen LogP contribution < -0.4 is 10.7 Å². The molecule has 1 heterocycles. The largest absolute Gasteiger partial charge is 0.245 e. The lowest BCUT2D eigenvalue weighted by Gasteiger charge is -1.83. The number of hydrogen-bond acceptors (Lipinski definition) is 2. The van der Waals surface area contributed by atoms with Crippen molar-refractivity contribution in [3.8, 4) is 0 Å². The van der Waals surface area contributed by atoms with Crippen molar-refractivity contribution in [2.24, 2.45) is 9.98 Å². The second kappa shape index (κ2) is 2.16. The molecule has 0 aromatic heterocycles. The molecule has 0 bridgehead atoms. The van der Waals surface area contributed by atoms with Gasteiger partial charge in [-0.05, 0) is 28.1 Å². The van der Waals surface area contributed by atoms with Crippen LogP contribution >= 0.6 is 15.9 Å². The van der Waals surface area contributed by atoms with Gasteiger partial charge in [-0.1, -0.05) is 12.1 Å². The van der Waals surface area contributed by atoms with Crippen molar-refractivity contribution in [1.29, 1.82) is 0 Å². The van der Waals surface area contributed by atoms with Gasteiger partial charge in [0.15, 0.2) is 5.08 Å². The van der Waals surface area contributed by atoms with Crippen LogP contribution in [0.4, 0.5) is 0 Å². The molecule has 2 rings (SSSR count). The Bertz CT molecular complexity index is 323. The highest BCUT2D eigenvalue weighted by Crippen LogP contribution is 2.01. The summed E-state index contributed by atoms with van der Waals surface area (Å²) in [5.41, 5.74) is 0. The van der Waals surface area contributed by atoms with Gasteiger partial charge in [0.1, 0.15) is 0 Å². The van der Waals surface area contributed by atoms with E-state index in [2.05, 4.69) is 25.9 Å². The summed E-state index contributed by atoms with van der Waals surface area (Å²) < 4.78 is 0. The van der Waals surface area contributed by atoms with E-state index in [1.807, 2.05) is 24.3 Å². The molecule has 50 valence electrons.